The molecule has 1 heterocycles. The van der Waals surface area contributed by atoms with Crippen LogP contribution in [0.1, 0.15) is 25.1 Å². The van der Waals surface area contributed by atoms with Crippen LogP contribution < -0.4 is 5.43 Å². The number of hydrazone groups is 1. The minimum absolute atomic E-state index is 0.456. The summed E-state index contributed by atoms with van der Waals surface area (Å²) in [5.74, 6) is 0.716. The Bertz CT molecular complexity index is 582. The second-order valence-electron chi connectivity index (χ2n) is 4.62. The molecule has 2 rings (SSSR count). The molecule has 0 saturated carbocycles. The summed E-state index contributed by atoms with van der Waals surface area (Å²) in [4.78, 5) is 8.83. The quantitative estimate of drug-likeness (QED) is 0.394. The van der Waals surface area contributed by atoms with E-state index in [9.17, 15) is 0 Å². The van der Waals surface area contributed by atoms with Crippen molar-refractivity contribution >= 4 is 23.8 Å². The first-order valence-electron chi connectivity index (χ1n) is 6.50. The summed E-state index contributed by atoms with van der Waals surface area (Å²) in [6.07, 6.45) is 1.77. The number of benzene rings is 1. The summed E-state index contributed by atoms with van der Waals surface area (Å²) in [5, 5.41) is 5.43. The number of hydrogen-bond donors (Lipinski definition) is 1. The fourth-order valence-corrected chi connectivity index (χ4v) is 2.34. The first kappa shape index (κ1) is 14.5. The standard InChI is InChI=1S/C15H18N4S/c1-11(2)20-15-17-12(3)9-14(18-15)19-16-10-13-7-5-4-6-8-13/h4-11H,1-3H3,(H,17,18,19)/b16-10+. The van der Waals surface area contributed by atoms with E-state index in [0.29, 0.717) is 11.1 Å². The first-order chi connectivity index (χ1) is 9.63. The minimum Gasteiger partial charge on any atom is -0.261 e. The van der Waals surface area contributed by atoms with Gasteiger partial charge in [0.2, 0.25) is 0 Å². The summed E-state index contributed by atoms with van der Waals surface area (Å²) in [7, 11) is 0. The second kappa shape index (κ2) is 7.05. The van der Waals surface area contributed by atoms with Crippen LogP contribution in [0.2, 0.25) is 0 Å². The molecule has 1 aromatic heterocycles. The third-order valence-electron chi connectivity index (χ3n) is 2.37. The molecule has 0 aliphatic carbocycles. The van der Waals surface area contributed by atoms with Crippen LogP contribution in [0.15, 0.2) is 46.7 Å². The van der Waals surface area contributed by atoms with E-state index < -0.39 is 0 Å². The Morgan fingerprint density at radius 2 is 1.95 bits per heavy atom. The van der Waals surface area contributed by atoms with Crippen molar-refractivity contribution in [1.29, 1.82) is 0 Å². The van der Waals surface area contributed by atoms with Gasteiger partial charge in [-0.3, -0.25) is 5.43 Å². The molecule has 20 heavy (non-hydrogen) atoms. The highest BCUT2D eigenvalue weighted by Crippen LogP contribution is 2.20. The monoisotopic (exact) mass is 286 g/mol. The lowest BCUT2D eigenvalue weighted by Gasteiger charge is -2.06. The smallest absolute Gasteiger partial charge is 0.190 e. The van der Waals surface area contributed by atoms with Crippen molar-refractivity contribution < 1.29 is 0 Å². The fraction of sp³-hybridized carbons (Fsp3) is 0.267. The highest BCUT2D eigenvalue weighted by molar-refractivity contribution is 7.99. The SMILES string of the molecule is Cc1cc(N/N=C/c2ccccc2)nc(SC(C)C)n1. The van der Waals surface area contributed by atoms with Gasteiger partial charge in [0.15, 0.2) is 11.0 Å². The van der Waals surface area contributed by atoms with E-state index >= 15 is 0 Å². The van der Waals surface area contributed by atoms with Gasteiger partial charge < -0.3 is 0 Å². The van der Waals surface area contributed by atoms with E-state index in [1.54, 1.807) is 18.0 Å². The summed E-state index contributed by atoms with van der Waals surface area (Å²) in [6.45, 7) is 6.20. The van der Waals surface area contributed by atoms with Crippen LogP contribution in [0.25, 0.3) is 0 Å². The number of anilines is 1. The van der Waals surface area contributed by atoms with Crippen LogP contribution in [0.4, 0.5) is 5.82 Å². The number of aryl methyl sites for hydroxylation is 1. The van der Waals surface area contributed by atoms with Gasteiger partial charge in [0.1, 0.15) is 0 Å². The maximum Gasteiger partial charge on any atom is 0.190 e. The predicted molar refractivity (Wildman–Crippen MR) is 85.4 cm³/mol. The Balaban J connectivity index is 2.05. The van der Waals surface area contributed by atoms with Crippen molar-refractivity contribution in [3.05, 3.63) is 47.7 Å². The Hall–Kier alpha value is -1.88. The molecule has 4 nitrogen and oxygen atoms in total. The van der Waals surface area contributed by atoms with Crippen LogP contribution in [-0.4, -0.2) is 21.4 Å². The van der Waals surface area contributed by atoms with Crippen molar-refractivity contribution in [1.82, 2.24) is 9.97 Å². The summed E-state index contributed by atoms with van der Waals surface area (Å²) in [5.41, 5.74) is 4.93. The second-order valence-corrected chi connectivity index (χ2v) is 6.17. The molecule has 1 aromatic carbocycles. The van der Waals surface area contributed by atoms with Gasteiger partial charge in [0.25, 0.3) is 0 Å². The molecular formula is C15H18N4S. The van der Waals surface area contributed by atoms with Crippen molar-refractivity contribution in [2.45, 2.75) is 31.2 Å². The normalized spacial score (nSPS) is 11.2. The molecule has 0 aliphatic heterocycles. The van der Waals surface area contributed by atoms with Crippen LogP contribution in [-0.2, 0) is 0 Å². The molecule has 0 spiro atoms. The lowest BCUT2D eigenvalue weighted by Crippen LogP contribution is -2.00. The molecule has 0 unspecified atom stereocenters. The molecule has 0 radical (unpaired) electrons. The maximum atomic E-state index is 4.43. The van der Waals surface area contributed by atoms with Gasteiger partial charge in [-0.05, 0) is 12.5 Å². The van der Waals surface area contributed by atoms with Crippen LogP contribution in [0, 0.1) is 6.92 Å². The highest BCUT2D eigenvalue weighted by Gasteiger charge is 2.04. The van der Waals surface area contributed by atoms with Crippen molar-refractivity contribution in [3.63, 3.8) is 0 Å². The van der Waals surface area contributed by atoms with Gasteiger partial charge in [0, 0.05) is 17.0 Å². The van der Waals surface area contributed by atoms with Gasteiger partial charge in [-0.25, -0.2) is 9.97 Å². The summed E-state index contributed by atoms with van der Waals surface area (Å²) in [6, 6.07) is 11.8. The molecular weight excluding hydrogens is 268 g/mol. The molecule has 2 aromatic rings. The molecule has 0 aliphatic rings. The molecule has 5 heteroatoms. The van der Waals surface area contributed by atoms with Gasteiger partial charge in [-0.1, -0.05) is 55.9 Å². The molecule has 0 amide bonds. The number of aromatic nitrogens is 2. The number of thioether (sulfide) groups is 1. The topological polar surface area (TPSA) is 50.2 Å². The Morgan fingerprint density at radius 3 is 2.65 bits per heavy atom. The van der Waals surface area contributed by atoms with Crippen molar-refractivity contribution in [2.24, 2.45) is 5.10 Å². The number of nitrogens with zero attached hydrogens (tertiary/aromatic N) is 3. The van der Waals surface area contributed by atoms with Gasteiger partial charge in [-0.2, -0.15) is 5.10 Å². The summed E-state index contributed by atoms with van der Waals surface area (Å²) >= 11 is 1.64. The molecule has 104 valence electrons. The fourth-order valence-electron chi connectivity index (χ4n) is 1.57. The molecule has 0 bridgehead atoms. The Labute approximate surface area is 123 Å². The Morgan fingerprint density at radius 1 is 1.20 bits per heavy atom. The Kier molecular flexibility index (Phi) is 5.12. The molecule has 0 saturated heterocycles. The van der Waals surface area contributed by atoms with E-state index in [4.69, 9.17) is 0 Å². The van der Waals surface area contributed by atoms with Crippen molar-refractivity contribution in [2.75, 3.05) is 5.43 Å². The molecule has 0 atom stereocenters. The van der Waals surface area contributed by atoms with Gasteiger partial charge in [-0.15, -0.1) is 0 Å². The third-order valence-corrected chi connectivity index (χ3v) is 3.23. The predicted octanol–water partition coefficient (Wildman–Crippen LogP) is 3.73. The van der Waals surface area contributed by atoms with E-state index in [0.717, 1.165) is 16.4 Å². The minimum atomic E-state index is 0.456. The molecule has 0 fully saturated rings. The average molecular weight is 286 g/mol. The number of hydrogen-bond acceptors (Lipinski definition) is 5. The van der Waals surface area contributed by atoms with Crippen LogP contribution >= 0.6 is 11.8 Å². The van der Waals surface area contributed by atoms with Gasteiger partial charge in [0.05, 0.1) is 6.21 Å². The van der Waals surface area contributed by atoms with E-state index in [2.05, 4.69) is 34.3 Å². The lowest BCUT2D eigenvalue weighted by atomic mass is 10.2. The van der Waals surface area contributed by atoms with Crippen LogP contribution in [0.5, 0.6) is 0 Å². The third kappa shape index (κ3) is 4.66. The van der Waals surface area contributed by atoms with E-state index in [1.807, 2.05) is 43.3 Å². The van der Waals surface area contributed by atoms with Gasteiger partial charge >= 0.3 is 0 Å². The van der Waals surface area contributed by atoms with Crippen LogP contribution in [0.3, 0.4) is 0 Å². The highest BCUT2D eigenvalue weighted by atomic mass is 32.2. The zero-order valence-electron chi connectivity index (χ0n) is 11.9. The summed E-state index contributed by atoms with van der Waals surface area (Å²) < 4.78 is 0. The lowest BCUT2D eigenvalue weighted by molar-refractivity contribution is 0.922. The zero-order valence-corrected chi connectivity index (χ0v) is 12.7. The van der Waals surface area contributed by atoms with E-state index in [-0.39, 0.29) is 0 Å². The largest absolute Gasteiger partial charge is 0.261 e. The average Bonchev–Trinajstić information content (AvgIpc) is 2.38. The first-order valence-corrected chi connectivity index (χ1v) is 7.38. The number of rotatable bonds is 5. The zero-order chi connectivity index (χ0) is 14.4. The maximum absolute atomic E-state index is 4.43. The number of nitrogens with one attached hydrogen (secondary N) is 1. The van der Waals surface area contributed by atoms with Crippen molar-refractivity contribution in [3.8, 4) is 0 Å². The molecule has 1 N–H and O–H groups in total. The van der Waals surface area contributed by atoms with E-state index in [1.165, 1.54) is 0 Å².